The molecule has 1 amide bonds. The number of aliphatic imine (C=N–C) groups is 1. The van der Waals surface area contributed by atoms with Crippen LogP contribution in [0.3, 0.4) is 0 Å². The highest BCUT2D eigenvalue weighted by atomic mass is 32.2. The van der Waals surface area contributed by atoms with E-state index < -0.39 is 0 Å². The van der Waals surface area contributed by atoms with Crippen molar-refractivity contribution in [2.24, 2.45) is 4.99 Å². The first-order valence-electron chi connectivity index (χ1n) is 14.5. The van der Waals surface area contributed by atoms with Gasteiger partial charge in [-0.3, -0.25) is 14.7 Å². The second-order valence-corrected chi connectivity index (χ2v) is 11.3. The Kier molecular flexibility index (Phi) is 10.1. The molecule has 0 unspecified atom stereocenters. The highest BCUT2D eigenvalue weighted by molar-refractivity contribution is 8.18. The lowest BCUT2D eigenvalue weighted by atomic mass is 10.0. The summed E-state index contributed by atoms with van der Waals surface area (Å²) in [6.07, 6.45) is 4.38. The third-order valence-electron chi connectivity index (χ3n) is 6.93. The number of benzene rings is 4. The molecule has 1 fully saturated rings. The van der Waals surface area contributed by atoms with Crippen molar-refractivity contribution in [1.29, 1.82) is 0 Å². The molecule has 1 aliphatic heterocycles. The van der Waals surface area contributed by atoms with Gasteiger partial charge in [0.2, 0.25) is 0 Å². The van der Waals surface area contributed by atoms with Gasteiger partial charge in [0, 0.05) is 5.56 Å². The number of hydrogen-bond donors (Lipinski definition) is 0. The summed E-state index contributed by atoms with van der Waals surface area (Å²) in [5.41, 5.74) is 6.25. The molecule has 0 aromatic heterocycles. The molecule has 0 aliphatic carbocycles. The van der Waals surface area contributed by atoms with Gasteiger partial charge in [-0.05, 0) is 72.5 Å². The number of carbonyl (C=O) groups is 1. The summed E-state index contributed by atoms with van der Waals surface area (Å²) in [6.45, 7) is 9.85. The molecule has 0 saturated carbocycles. The number of rotatable bonds is 12. The first kappa shape index (κ1) is 29.9. The highest BCUT2D eigenvalue weighted by Crippen LogP contribution is 2.38. The zero-order valence-electron chi connectivity index (χ0n) is 24.7. The van der Waals surface area contributed by atoms with E-state index in [1.54, 1.807) is 4.90 Å². The van der Waals surface area contributed by atoms with Crippen molar-refractivity contribution in [1.82, 2.24) is 4.90 Å². The maximum atomic E-state index is 13.8. The largest absolute Gasteiger partial charge is 0.490 e. The molecule has 1 saturated heterocycles. The maximum Gasteiger partial charge on any atom is 0.267 e. The Hall–Kier alpha value is -4.55. The number of aryl methyl sites for hydroxylation is 1. The van der Waals surface area contributed by atoms with E-state index in [1.165, 1.54) is 17.3 Å². The Morgan fingerprint density at radius 3 is 2.26 bits per heavy atom. The third kappa shape index (κ3) is 7.85. The lowest BCUT2D eigenvalue weighted by molar-refractivity contribution is -0.122. The summed E-state index contributed by atoms with van der Waals surface area (Å²) in [5, 5.41) is 0.693. The molecular weight excluding hydrogens is 552 g/mol. The lowest BCUT2D eigenvalue weighted by Crippen LogP contribution is -2.28. The topological polar surface area (TPSA) is 51.1 Å². The van der Waals surface area contributed by atoms with E-state index in [2.05, 4.69) is 43.8 Å². The fraction of sp³-hybridized carbons (Fsp3) is 0.189. The van der Waals surface area contributed by atoms with Crippen LogP contribution in [0.15, 0.2) is 120 Å². The molecule has 0 N–H and O–H groups in total. The van der Waals surface area contributed by atoms with Crippen LogP contribution in [0.2, 0.25) is 0 Å². The Bertz CT molecular complexity index is 1610. The van der Waals surface area contributed by atoms with Crippen LogP contribution in [0.5, 0.6) is 11.5 Å². The minimum absolute atomic E-state index is 0.0661. The van der Waals surface area contributed by atoms with E-state index in [0.717, 1.165) is 27.8 Å². The lowest BCUT2D eigenvalue weighted by Gasteiger charge is -2.17. The molecule has 6 heteroatoms. The Morgan fingerprint density at radius 2 is 1.58 bits per heavy atom. The molecule has 0 atom stereocenters. The van der Waals surface area contributed by atoms with Crippen molar-refractivity contribution < 1.29 is 14.3 Å². The summed E-state index contributed by atoms with van der Waals surface area (Å²) in [7, 11) is 0. The molecule has 43 heavy (non-hydrogen) atoms. The molecule has 5 rings (SSSR count). The van der Waals surface area contributed by atoms with Crippen molar-refractivity contribution in [3.8, 4) is 11.5 Å². The number of hydrogen-bond acceptors (Lipinski definition) is 5. The predicted octanol–water partition coefficient (Wildman–Crippen LogP) is 8.37. The fourth-order valence-corrected chi connectivity index (χ4v) is 5.74. The third-order valence-corrected chi connectivity index (χ3v) is 7.98. The number of allylic oxidation sites excluding steroid dienone is 1. The SMILES string of the molecule is C=CCc1cc(/C=C2/SC(=NCc3ccccc3)N(Cc3ccccc3)C2=O)cc(OCC)c1OCc1ccc(C)cc1. The van der Waals surface area contributed by atoms with Crippen LogP contribution < -0.4 is 9.47 Å². The van der Waals surface area contributed by atoms with E-state index in [-0.39, 0.29) is 5.91 Å². The van der Waals surface area contributed by atoms with Gasteiger partial charge < -0.3 is 9.47 Å². The van der Waals surface area contributed by atoms with Crippen molar-refractivity contribution >= 4 is 28.9 Å². The van der Waals surface area contributed by atoms with Crippen LogP contribution in [-0.2, 0) is 30.9 Å². The molecule has 4 aromatic rings. The molecule has 1 heterocycles. The van der Waals surface area contributed by atoms with Crippen molar-refractivity contribution in [2.75, 3.05) is 6.61 Å². The van der Waals surface area contributed by atoms with Gasteiger partial charge in [0.25, 0.3) is 5.91 Å². The average molecular weight is 589 g/mol. The van der Waals surface area contributed by atoms with Crippen LogP contribution in [0.1, 0.15) is 40.3 Å². The molecule has 5 nitrogen and oxygen atoms in total. The summed E-state index contributed by atoms with van der Waals surface area (Å²) >= 11 is 1.41. The number of carbonyl (C=O) groups excluding carboxylic acids is 1. The molecular formula is C37H36N2O3S. The van der Waals surface area contributed by atoms with Crippen molar-refractivity contribution in [3.63, 3.8) is 0 Å². The van der Waals surface area contributed by atoms with E-state index in [1.807, 2.05) is 85.8 Å². The first-order chi connectivity index (χ1) is 21.0. The summed E-state index contributed by atoms with van der Waals surface area (Å²) < 4.78 is 12.4. The number of nitrogens with zero attached hydrogens (tertiary/aromatic N) is 2. The smallest absolute Gasteiger partial charge is 0.267 e. The van der Waals surface area contributed by atoms with Crippen LogP contribution >= 0.6 is 11.8 Å². The molecule has 218 valence electrons. The van der Waals surface area contributed by atoms with Crippen LogP contribution in [0.4, 0.5) is 0 Å². The summed E-state index contributed by atoms with van der Waals surface area (Å²) in [5.74, 6) is 1.28. The van der Waals surface area contributed by atoms with Gasteiger partial charge in [0.15, 0.2) is 16.7 Å². The second kappa shape index (κ2) is 14.6. The Balaban J connectivity index is 1.46. The van der Waals surface area contributed by atoms with Gasteiger partial charge in [-0.15, -0.1) is 6.58 Å². The van der Waals surface area contributed by atoms with Gasteiger partial charge in [-0.2, -0.15) is 0 Å². The molecule has 1 aliphatic rings. The standard InChI is InChI=1S/C37H36N2O3S/c1-4-12-32-21-31(22-33(41-5-2)35(32)42-26-30-19-17-27(3)18-20-30)23-34-36(40)39(25-29-15-10-7-11-16-29)37(43-34)38-24-28-13-8-6-9-14-28/h4,6-11,13-23H,1,5,12,24-26H2,2-3H3/b34-23+,38-37?. The van der Waals surface area contributed by atoms with E-state index in [9.17, 15) is 4.79 Å². The molecule has 4 aromatic carbocycles. The molecule has 0 radical (unpaired) electrons. The van der Waals surface area contributed by atoms with E-state index in [0.29, 0.717) is 54.3 Å². The van der Waals surface area contributed by atoms with E-state index in [4.69, 9.17) is 14.5 Å². The van der Waals surface area contributed by atoms with E-state index >= 15 is 0 Å². The number of amidine groups is 1. The monoisotopic (exact) mass is 588 g/mol. The van der Waals surface area contributed by atoms with Gasteiger partial charge in [-0.25, -0.2) is 0 Å². The minimum Gasteiger partial charge on any atom is -0.490 e. The Labute approximate surface area is 258 Å². The Morgan fingerprint density at radius 1 is 0.884 bits per heavy atom. The van der Waals surface area contributed by atoms with Gasteiger partial charge in [0.05, 0.1) is 24.6 Å². The first-order valence-corrected chi connectivity index (χ1v) is 15.3. The average Bonchev–Trinajstić information content (AvgIpc) is 3.31. The normalized spacial score (nSPS) is 14.8. The van der Waals surface area contributed by atoms with Gasteiger partial charge in [0.1, 0.15) is 6.61 Å². The van der Waals surface area contributed by atoms with Gasteiger partial charge in [-0.1, -0.05) is 96.6 Å². The fourth-order valence-electron chi connectivity index (χ4n) is 4.77. The highest BCUT2D eigenvalue weighted by Gasteiger charge is 2.33. The van der Waals surface area contributed by atoms with Crippen molar-refractivity contribution in [3.05, 3.63) is 148 Å². The molecule has 0 spiro atoms. The van der Waals surface area contributed by atoms with Crippen LogP contribution in [-0.4, -0.2) is 22.6 Å². The second-order valence-electron chi connectivity index (χ2n) is 10.3. The summed E-state index contributed by atoms with van der Waals surface area (Å²) in [4.78, 5) is 21.0. The van der Waals surface area contributed by atoms with Crippen molar-refractivity contribution in [2.45, 2.75) is 40.0 Å². The zero-order valence-corrected chi connectivity index (χ0v) is 25.5. The maximum absolute atomic E-state index is 13.8. The number of amides is 1. The number of thioether (sulfide) groups is 1. The quantitative estimate of drug-likeness (QED) is 0.123. The number of ether oxygens (including phenoxy) is 2. The molecule has 0 bridgehead atoms. The predicted molar refractivity (Wildman–Crippen MR) is 177 cm³/mol. The summed E-state index contributed by atoms with van der Waals surface area (Å²) in [6, 6.07) is 32.4. The minimum atomic E-state index is -0.0661. The van der Waals surface area contributed by atoms with Crippen LogP contribution in [0.25, 0.3) is 6.08 Å². The van der Waals surface area contributed by atoms with Crippen LogP contribution in [0, 0.1) is 6.92 Å². The van der Waals surface area contributed by atoms with Gasteiger partial charge >= 0.3 is 0 Å². The zero-order chi connectivity index (χ0) is 30.0.